The van der Waals surface area contributed by atoms with Gasteiger partial charge < -0.3 is 24.7 Å². The summed E-state index contributed by atoms with van der Waals surface area (Å²) >= 11 is 0. The lowest BCUT2D eigenvalue weighted by atomic mass is 10.1. The highest BCUT2D eigenvalue weighted by molar-refractivity contribution is 7.70. The third-order valence-electron chi connectivity index (χ3n) is 3.66. The van der Waals surface area contributed by atoms with Gasteiger partial charge in [-0.3, -0.25) is 9.13 Å². The third kappa shape index (κ3) is 8.05. The highest BCUT2D eigenvalue weighted by atomic mass is 31.2. The molecule has 0 unspecified atom stereocenters. The zero-order valence-electron chi connectivity index (χ0n) is 14.6. The maximum atomic E-state index is 11.3. The summed E-state index contributed by atoms with van der Waals surface area (Å²) in [7, 11) is -9.97. The molecule has 1 rings (SSSR count). The van der Waals surface area contributed by atoms with E-state index in [4.69, 9.17) is 24.7 Å². The van der Waals surface area contributed by atoms with Crippen molar-refractivity contribution >= 4 is 15.2 Å². The number of aliphatic hydroxyl groups excluding tert-OH is 1. The molecule has 0 aliphatic heterocycles. The predicted octanol–water partition coefficient (Wildman–Crippen LogP) is 1.17. The van der Waals surface area contributed by atoms with Crippen LogP contribution in [0.3, 0.4) is 0 Å². The van der Waals surface area contributed by atoms with Crippen molar-refractivity contribution in [3.05, 3.63) is 35.2 Å². The maximum Gasteiger partial charge on any atom is 0.341 e. The van der Waals surface area contributed by atoms with Crippen LogP contribution in [0.15, 0.2) is 29.5 Å². The number of hydrogen-bond donors (Lipinski definition) is 5. The molecule has 0 spiro atoms. The fourth-order valence-electron chi connectivity index (χ4n) is 2.10. The van der Waals surface area contributed by atoms with Gasteiger partial charge in [0.25, 0.3) is 0 Å². The van der Waals surface area contributed by atoms with Crippen LogP contribution >= 0.6 is 15.2 Å². The Labute approximate surface area is 151 Å². The number of hydrogen-bond acceptors (Lipinski definition) is 5. The molecule has 0 bridgehead atoms. The average Bonchev–Trinajstić information content (AvgIpc) is 2.96. The number of nitrogens with zero attached hydrogens (tertiary/aromatic N) is 3. The standard InChI is InChI=1S/C14H25N3O7P2/c1-11(4-3-5-12(2)10-18)6-7-17-9-13(15-16-17)8-14(25(19,20)21)26(22,23)24/h5-6,9,14,18H,3-4,7-8,10H2,1-2H3,(H2,19,20,21)(H2,22,23,24)/b11-6?,12-5+. The van der Waals surface area contributed by atoms with Crippen LogP contribution < -0.4 is 0 Å². The second-order valence-corrected chi connectivity index (χ2v) is 10.1. The SMILES string of the molecule is CC(=CCn1cc(CC(P(=O)(O)O)P(=O)(O)O)nn1)CC/C=C(\C)CO. The first kappa shape index (κ1) is 22.9. The van der Waals surface area contributed by atoms with Crippen LogP contribution in [0.5, 0.6) is 0 Å². The summed E-state index contributed by atoms with van der Waals surface area (Å²) in [6.07, 6.45) is 6.29. The minimum atomic E-state index is -4.98. The van der Waals surface area contributed by atoms with Gasteiger partial charge >= 0.3 is 15.2 Å². The normalized spacial score (nSPS) is 14.3. The van der Waals surface area contributed by atoms with E-state index in [-0.39, 0.29) is 12.3 Å². The summed E-state index contributed by atoms with van der Waals surface area (Å²) in [4.78, 5) is 36.5. The van der Waals surface area contributed by atoms with Gasteiger partial charge in [-0.1, -0.05) is 28.5 Å². The van der Waals surface area contributed by atoms with E-state index in [1.165, 1.54) is 10.9 Å². The molecule has 1 heterocycles. The predicted molar refractivity (Wildman–Crippen MR) is 95.4 cm³/mol. The van der Waals surface area contributed by atoms with E-state index in [1.807, 2.05) is 26.0 Å². The first-order valence-corrected chi connectivity index (χ1v) is 11.2. The second-order valence-electron chi connectivity index (χ2n) is 6.09. The van der Waals surface area contributed by atoms with Crippen molar-refractivity contribution in [1.29, 1.82) is 0 Å². The molecule has 0 saturated heterocycles. The Morgan fingerprint density at radius 2 is 1.77 bits per heavy atom. The van der Waals surface area contributed by atoms with Gasteiger partial charge in [0.15, 0.2) is 5.40 Å². The Kier molecular flexibility index (Phi) is 8.56. The van der Waals surface area contributed by atoms with Gasteiger partial charge in [-0.05, 0) is 26.7 Å². The molecule has 0 atom stereocenters. The van der Waals surface area contributed by atoms with Crippen LogP contribution in [0.2, 0.25) is 0 Å². The zero-order chi connectivity index (χ0) is 20.0. The summed E-state index contributed by atoms with van der Waals surface area (Å²) in [5.74, 6) is 0. The molecule has 1 aromatic heterocycles. The summed E-state index contributed by atoms with van der Waals surface area (Å²) < 4.78 is 24.0. The topological polar surface area (TPSA) is 166 Å². The molecule has 12 heteroatoms. The maximum absolute atomic E-state index is 11.3. The van der Waals surface area contributed by atoms with Gasteiger partial charge in [-0.25, -0.2) is 4.68 Å². The number of allylic oxidation sites excluding steroid dienone is 3. The summed E-state index contributed by atoms with van der Waals surface area (Å²) in [6, 6.07) is 0. The molecule has 0 saturated carbocycles. The molecule has 0 fully saturated rings. The Balaban J connectivity index is 2.69. The van der Waals surface area contributed by atoms with Crippen molar-refractivity contribution in [2.75, 3.05) is 6.61 Å². The zero-order valence-corrected chi connectivity index (χ0v) is 16.4. The van der Waals surface area contributed by atoms with Gasteiger partial charge in [0.2, 0.25) is 0 Å². The molecule has 1 aromatic rings. The van der Waals surface area contributed by atoms with Crippen molar-refractivity contribution in [2.45, 2.75) is 45.1 Å². The Morgan fingerprint density at radius 1 is 1.15 bits per heavy atom. The van der Waals surface area contributed by atoms with E-state index in [9.17, 15) is 9.13 Å². The van der Waals surface area contributed by atoms with Gasteiger partial charge in [0.1, 0.15) is 0 Å². The average molecular weight is 409 g/mol. The summed E-state index contributed by atoms with van der Waals surface area (Å²) in [5.41, 5.74) is 2.09. The first-order valence-electron chi connectivity index (χ1n) is 7.85. The van der Waals surface area contributed by atoms with Gasteiger partial charge in [-0.2, -0.15) is 0 Å². The summed E-state index contributed by atoms with van der Waals surface area (Å²) in [6.45, 7) is 4.20. The number of aliphatic hydroxyl groups is 1. The quantitative estimate of drug-likeness (QED) is 0.281. The van der Waals surface area contributed by atoms with Crippen LogP contribution in [-0.2, 0) is 22.1 Å². The third-order valence-corrected chi connectivity index (χ3v) is 7.39. The molecular formula is C14H25N3O7P2. The molecule has 0 amide bonds. The van der Waals surface area contributed by atoms with Crippen molar-refractivity contribution in [3.63, 3.8) is 0 Å². The Bertz CT molecular complexity index is 725. The monoisotopic (exact) mass is 409 g/mol. The van der Waals surface area contributed by atoms with E-state index >= 15 is 0 Å². The largest absolute Gasteiger partial charge is 0.392 e. The lowest BCUT2D eigenvalue weighted by molar-refractivity contribution is 0.330. The highest BCUT2D eigenvalue weighted by Gasteiger charge is 2.43. The molecule has 26 heavy (non-hydrogen) atoms. The van der Waals surface area contributed by atoms with Crippen LogP contribution in [0.4, 0.5) is 0 Å². The van der Waals surface area contributed by atoms with Gasteiger partial charge in [0.05, 0.1) is 18.8 Å². The van der Waals surface area contributed by atoms with Crippen molar-refractivity contribution in [1.82, 2.24) is 15.0 Å². The van der Waals surface area contributed by atoms with Crippen LogP contribution in [0.1, 0.15) is 32.4 Å². The first-order chi connectivity index (χ1) is 11.9. The second kappa shape index (κ2) is 9.71. The van der Waals surface area contributed by atoms with Crippen molar-refractivity contribution in [2.24, 2.45) is 0 Å². The lowest BCUT2D eigenvalue weighted by Gasteiger charge is -2.18. The molecule has 148 valence electrons. The lowest BCUT2D eigenvalue weighted by Crippen LogP contribution is -2.13. The van der Waals surface area contributed by atoms with E-state index < -0.39 is 27.0 Å². The van der Waals surface area contributed by atoms with Crippen LogP contribution in [-0.4, -0.2) is 51.7 Å². The van der Waals surface area contributed by atoms with E-state index in [0.717, 1.165) is 24.0 Å². The minimum Gasteiger partial charge on any atom is -0.392 e. The smallest absolute Gasteiger partial charge is 0.341 e. The molecule has 5 N–H and O–H groups in total. The Hall–Kier alpha value is -1.12. The number of rotatable bonds is 10. The van der Waals surface area contributed by atoms with E-state index in [1.54, 1.807) is 0 Å². The minimum absolute atomic E-state index is 0.0364. The van der Waals surface area contributed by atoms with Crippen molar-refractivity contribution < 1.29 is 33.8 Å². The molecule has 0 aromatic carbocycles. The van der Waals surface area contributed by atoms with Gasteiger partial charge in [0, 0.05) is 12.6 Å². The Morgan fingerprint density at radius 3 is 2.31 bits per heavy atom. The van der Waals surface area contributed by atoms with Crippen molar-refractivity contribution in [3.8, 4) is 0 Å². The molecule has 10 nitrogen and oxygen atoms in total. The highest BCUT2D eigenvalue weighted by Crippen LogP contribution is 2.60. The van der Waals surface area contributed by atoms with Gasteiger partial charge in [-0.15, -0.1) is 5.10 Å². The van der Waals surface area contributed by atoms with Crippen LogP contribution in [0.25, 0.3) is 0 Å². The van der Waals surface area contributed by atoms with E-state index in [2.05, 4.69) is 10.3 Å². The molecule has 0 aliphatic carbocycles. The van der Waals surface area contributed by atoms with Crippen LogP contribution in [0, 0.1) is 0 Å². The molecular weight excluding hydrogens is 384 g/mol. The molecule has 0 aliphatic rings. The number of aromatic nitrogens is 3. The fraction of sp³-hybridized carbons (Fsp3) is 0.571. The molecule has 0 radical (unpaired) electrons. The summed E-state index contributed by atoms with van der Waals surface area (Å²) in [5, 5.41) is 14.3. The van der Waals surface area contributed by atoms with E-state index in [0.29, 0.717) is 6.54 Å². The fourth-order valence-corrected chi connectivity index (χ4v) is 4.52.